The van der Waals surface area contributed by atoms with E-state index >= 15 is 0 Å². The summed E-state index contributed by atoms with van der Waals surface area (Å²) < 4.78 is 31.0. The van der Waals surface area contributed by atoms with E-state index in [1.54, 1.807) is 12.1 Å². The van der Waals surface area contributed by atoms with Gasteiger partial charge in [-0.05, 0) is 25.1 Å². The monoisotopic (exact) mass is 364 g/mol. The van der Waals surface area contributed by atoms with Gasteiger partial charge >= 0.3 is 5.97 Å². The summed E-state index contributed by atoms with van der Waals surface area (Å²) in [4.78, 5) is 22.0. The van der Waals surface area contributed by atoms with Crippen LogP contribution in [0.15, 0.2) is 33.6 Å². The zero-order valence-electron chi connectivity index (χ0n) is 10.5. The van der Waals surface area contributed by atoms with Crippen LogP contribution >= 0.6 is 15.9 Å². The predicted octanol–water partition coefficient (Wildman–Crippen LogP) is 0.144. The van der Waals surface area contributed by atoms with E-state index in [2.05, 4.69) is 25.4 Å². The number of benzene rings is 1. The summed E-state index contributed by atoms with van der Waals surface area (Å²) in [7, 11) is -3.83. The maximum atomic E-state index is 11.9. The lowest BCUT2D eigenvalue weighted by atomic mass is 10.4. The van der Waals surface area contributed by atoms with Crippen LogP contribution in [0.1, 0.15) is 6.92 Å². The average molecular weight is 365 g/mol. The first-order valence-corrected chi connectivity index (χ1v) is 7.74. The minimum Gasteiger partial charge on any atom is -0.452 e. The molecule has 20 heavy (non-hydrogen) atoms. The first-order valence-electron chi connectivity index (χ1n) is 5.46. The number of hydrogen-bond acceptors (Lipinski definition) is 5. The van der Waals surface area contributed by atoms with Gasteiger partial charge in [-0.15, -0.1) is 0 Å². The number of carbonyl (C=O) groups excluding carboxylic acids is 2. The second-order valence-electron chi connectivity index (χ2n) is 3.82. The minimum absolute atomic E-state index is 0.00243. The highest BCUT2D eigenvalue weighted by Gasteiger charge is 2.19. The van der Waals surface area contributed by atoms with Gasteiger partial charge in [0.15, 0.2) is 6.10 Å². The van der Waals surface area contributed by atoms with Crippen molar-refractivity contribution in [3.63, 3.8) is 0 Å². The molecule has 0 aromatic heterocycles. The van der Waals surface area contributed by atoms with Gasteiger partial charge in [-0.2, -0.15) is 4.72 Å². The first-order chi connectivity index (χ1) is 9.22. The number of amides is 1. The molecule has 110 valence electrons. The van der Waals surface area contributed by atoms with Gasteiger partial charge in [0.05, 0.1) is 4.90 Å². The Bertz CT molecular complexity index is 617. The number of hydrogen-bond donors (Lipinski definition) is 2. The summed E-state index contributed by atoms with van der Waals surface area (Å²) in [5, 5.41) is 0. The van der Waals surface area contributed by atoms with Crippen molar-refractivity contribution in [3.8, 4) is 0 Å². The highest BCUT2D eigenvalue weighted by molar-refractivity contribution is 9.10. The van der Waals surface area contributed by atoms with Crippen molar-refractivity contribution >= 4 is 37.8 Å². The van der Waals surface area contributed by atoms with Gasteiger partial charge in [-0.1, -0.05) is 22.0 Å². The van der Waals surface area contributed by atoms with Crippen molar-refractivity contribution in [3.05, 3.63) is 28.7 Å². The Morgan fingerprint density at radius 1 is 1.45 bits per heavy atom. The molecule has 1 atom stereocenters. The molecule has 9 heteroatoms. The molecule has 0 aliphatic rings. The van der Waals surface area contributed by atoms with Crippen molar-refractivity contribution in [2.75, 3.05) is 6.54 Å². The molecule has 0 saturated carbocycles. The van der Waals surface area contributed by atoms with Crippen LogP contribution in [0.5, 0.6) is 0 Å². The highest BCUT2D eigenvalue weighted by atomic mass is 79.9. The van der Waals surface area contributed by atoms with Crippen LogP contribution in [0.2, 0.25) is 0 Å². The van der Waals surface area contributed by atoms with Gasteiger partial charge in [-0.25, -0.2) is 8.42 Å². The summed E-state index contributed by atoms with van der Waals surface area (Å²) in [6.45, 7) is 0.704. The lowest BCUT2D eigenvalue weighted by molar-refractivity contribution is -0.152. The molecule has 0 bridgehead atoms. The van der Waals surface area contributed by atoms with Crippen LogP contribution in [-0.2, 0) is 24.3 Å². The van der Waals surface area contributed by atoms with Gasteiger partial charge in [0.25, 0.3) is 5.91 Å². The maximum absolute atomic E-state index is 11.9. The summed E-state index contributed by atoms with van der Waals surface area (Å²) in [5.41, 5.74) is 4.91. The molecular formula is C11H13BrN2O5S. The summed E-state index contributed by atoms with van der Waals surface area (Å²) in [5.74, 6) is -1.71. The van der Waals surface area contributed by atoms with E-state index in [9.17, 15) is 18.0 Å². The second-order valence-corrected chi connectivity index (χ2v) is 6.50. The van der Waals surface area contributed by atoms with Crippen molar-refractivity contribution in [2.45, 2.75) is 17.9 Å². The van der Waals surface area contributed by atoms with Crippen LogP contribution in [0, 0.1) is 0 Å². The van der Waals surface area contributed by atoms with E-state index in [1.807, 2.05) is 0 Å². The van der Waals surface area contributed by atoms with Gasteiger partial charge in [0.2, 0.25) is 10.0 Å². The number of primary amides is 1. The third-order valence-corrected chi connectivity index (χ3v) is 4.11. The molecule has 7 nitrogen and oxygen atoms in total. The molecule has 0 radical (unpaired) electrons. The molecule has 1 amide bonds. The zero-order valence-corrected chi connectivity index (χ0v) is 12.9. The highest BCUT2D eigenvalue weighted by Crippen LogP contribution is 2.15. The number of nitrogens with one attached hydrogen (secondary N) is 1. The smallest absolute Gasteiger partial charge is 0.321 e. The van der Waals surface area contributed by atoms with Gasteiger partial charge in [0, 0.05) is 4.47 Å². The predicted molar refractivity (Wildman–Crippen MR) is 74.1 cm³/mol. The van der Waals surface area contributed by atoms with Gasteiger partial charge in [-0.3, -0.25) is 9.59 Å². The lowest BCUT2D eigenvalue weighted by Gasteiger charge is -2.10. The SMILES string of the molecule is C[C@H](OC(=O)CNS(=O)(=O)c1cccc(Br)c1)C(N)=O. The molecule has 0 aliphatic heterocycles. The number of sulfonamides is 1. The third kappa shape index (κ3) is 4.91. The van der Waals surface area contributed by atoms with Crippen LogP contribution in [-0.4, -0.2) is 32.9 Å². The Morgan fingerprint density at radius 2 is 2.10 bits per heavy atom. The zero-order chi connectivity index (χ0) is 15.3. The normalized spacial score (nSPS) is 12.7. The Hall–Kier alpha value is -1.45. The topological polar surface area (TPSA) is 116 Å². The number of rotatable bonds is 6. The lowest BCUT2D eigenvalue weighted by Crippen LogP contribution is -2.36. The van der Waals surface area contributed by atoms with Crippen molar-refractivity contribution < 1.29 is 22.7 Å². The van der Waals surface area contributed by atoms with Crippen LogP contribution in [0.25, 0.3) is 0 Å². The van der Waals surface area contributed by atoms with Crippen LogP contribution in [0.3, 0.4) is 0 Å². The van der Waals surface area contributed by atoms with Gasteiger partial charge in [0.1, 0.15) is 6.54 Å². The fourth-order valence-electron chi connectivity index (χ4n) is 1.17. The molecule has 0 aliphatic carbocycles. The van der Waals surface area contributed by atoms with Crippen molar-refractivity contribution in [2.24, 2.45) is 5.73 Å². The summed E-state index contributed by atoms with van der Waals surface area (Å²) in [6, 6.07) is 5.98. The van der Waals surface area contributed by atoms with E-state index in [-0.39, 0.29) is 4.90 Å². The Labute approximate surface area is 124 Å². The largest absolute Gasteiger partial charge is 0.452 e. The fraction of sp³-hybridized carbons (Fsp3) is 0.273. The van der Waals surface area contributed by atoms with Crippen LogP contribution in [0.4, 0.5) is 0 Å². The molecule has 0 unspecified atom stereocenters. The first kappa shape index (κ1) is 16.6. The number of carbonyl (C=O) groups is 2. The fourth-order valence-corrected chi connectivity index (χ4v) is 2.73. The molecule has 0 fully saturated rings. The van der Waals surface area contributed by atoms with Crippen LogP contribution < -0.4 is 10.5 Å². The number of halogens is 1. The van der Waals surface area contributed by atoms with Gasteiger partial charge < -0.3 is 10.5 Å². The molecule has 0 heterocycles. The van der Waals surface area contributed by atoms with E-state index in [1.165, 1.54) is 19.1 Å². The van der Waals surface area contributed by atoms with E-state index in [4.69, 9.17) is 5.73 Å². The Morgan fingerprint density at radius 3 is 2.65 bits per heavy atom. The molecule has 1 rings (SSSR count). The number of esters is 1. The maximum Gasteiger partial charge on any atom is 0.321 e. The molecule has 1 aromatic carbocycles. The third-order valence-electron chi connectivity index (χ3n) is 2.22. The van der Waals surface area contributed by atoms with E-state index < -0.39 is 34.5 Å². The summed E-state index contributed by atoms with van der Waals surface area (Å²) >= 11 is 3.15. The Kier molecular flexibility index (Phi) is 5.66. The number of ether oxygens (including phenoxy) is 1. The Balaban J connectivity index is 2.65. The molecule has 1 aromatic rings. The quantitative estimate of drug-likeness (QED) is 0.696. The minimum atomic E-state index is -3.83. The van der Waals surface area contributed by atoms with Crippen molar-refractivity contribution in [1.82, 2.24) is 4.72 Å². The second kappa shape index (κ2) is 6.82. The molecular weight excluding hydrogens is 352 g/mol. The average Bonchev–Trinajstić information content (AvgIpc) is 2.36. The standard InChI is InChI=1S/C11H13BrN2O5S/c1-7(11(13)16)19-10(15)6-14-20(17,18)9-4-2-3-8(12)5-9/h2-5,7,14H,6H2,1H3,(H2,13,16)/t7-/m0/s1. The van der Waals surface area contributed by atoms with Crippen molar-refractivity contribution in [1.29, 1.82) is 0 Å². The number of nitrogens with two attached hydrogens (primary N) is 1. The molecule has 0 saturated heterocycles. The molecule has 3 N–H and O–H groups in total. The van der Waals surface area contributed by atoms with E-state index in [0.717, 1.165) is 0 Å². The molecule has 0 spiro atoms. The van der Waals surface area contributed by atoms with E-state index in [0.29, 0.717) is 4.47 Å². The summed E-state index contributed by atoms with van der Waals surface area (Å²) in [6.07, 6.45) is -1.11.